The van der Waals surface area contributed by atoms with E-state index in [1.165, 1.54) is 11.8 Å². The normalized spacial score (nSPS) is 11.5. The Morgan fingerprint density at radius 3 is 2.48 bits per heavy atom. The first-order chi connectivity index (χ1) is 12.8. The van der Waals surface area contributed by atoms with Gasteiger partial charge in [0.2, 0.25) is 0 Å². The second-order valence-electron chi connectivity index (χ2n) is 7.23. The molecule has 0 bridgehead atoms. The molecule has 2 heterocycles. The van der Waals surface area contributed by atoms with Crippen molar-refractivity contribution in [3.05, 3.63) is 35.4 Å². The number of anilines is 1. The average Bonchev–Trinajstić information content (AvgIpc) is 3.09. The number of rotatable bonds is 8. The average molecular weight is 391 g/mol. The first kappa shape index (κ1) is 21.3. The predicted molar refractivity (Wildman–Crippen MR) is 111 cm³/mol. The van der Waals surface area contributed by atoms with Crippen LogP contribution in [0.4, 0.5) is 5.82 Å². The van der Waals surface area contributed by atoms with Gasteiger partial charge in [0, 0.05) is 31.1 Å². The van der Waals surface area contributed by atoms with E-state index in [0.29, 0.717) is 18.1 Å². The number of hydrogen-bond donors (Lipinski definition) is 1. The third kappa shape index (κ3) is 5.73. The number of amides is 1. The van der Waals surface area contributed by atoms with Gasteiger partial charge < -0.3 is 14.6 Å². The lowest BCUT2D eigenvalue weighted by molar-refractivity contribution is 0.0927. The zero-order valence-electron chi connectivity index (χ0n) is 17.1. The Kier molecular flexibility index (Phi) is 7.30. The molecule has 1 amide bonds. The number of aromatic nitrogens is 2. The van der Waals surface area contributed by atoms with Crippen molar-refractivity contribution in [2.75, 3.05) is 24.5 Å². The molecule has 0 aliphatic rings. The molecule has 0 aliphatic carbocycles. The predicted octanol–water partition coefficient (Wildman–Crippen LogP) is 4.26. The van der Waals surface area contributed by atoms with Gasteiger partial charge in [-0.2, -0.15) is 0 Å². The first-order valence-electron chi connectivity index (χ1n) is 9.42. The van der Waals surface area contributed by atoms with Crippen LogP contribution in [0.2, 0.25) is 0 Å². The van der Waals surface area contributed by atoms with Gasteiger partial charge in [-0.3, -0.25) is 4.79 Å². The number of carbonyl (C=O) groups is 1. The lowest BCUT2D eigenvalue weighted by Crippen LogP contribution is -2.25. The minimum atomic E-state index is -0.191. The monoisotopic (exact) mass is 390 g/mol. The standard InChI is InChI=1S/C20H30N4O2S/c1-7-21-18(25)15-11-10-14(26-15)13-27-19-22-16(20(4,5)6)12-17(23-19)24(8-2)9-3/h10-12H,7-9,13H2,1-6H3,(H,21,25). The Morgan fingerprint density at radius 1 is 1.19 bits per heavy atom. The Bertz CT molecular complexity index is 764. The van der Waals surface area contributed by atoms with E-state index < -0.39 is 0 Å². The van der Waals surface area contributed by atoms with Crippen molar-refractivity contribution in [1.29, 1.82) is 0 Å². The highest BCUT2D eigenvalue weighted by atomic mass is 32.2. The Hall–Kier alpha value is -2.02. The SMILES string of the molecule is CCNC(=O)c1ccc(CSc2nc(N(CC)CC)cc(C(C)(C)C)n2)o1. The van der Waals surface area contributed by atoms with Gasteiger partial charge in [-0.15, -0.1) is 0 Å². The first-order valence-corrected chi connectivity index (χ1v) is 10.4. The second-order valence-corrected chi connectivity index (χ2v) is 8.17. The summed E-state index contributed by atoms with van der Waals surface area (Å²) in [5.74, 6) is 2.40. The molecule has 7 heteroatoms. The molecule has 0 spiro atoms. The molecule has 0 saturated heterocycles. The molecule has 0 aromatic carbocycles. The van der Waals surface area contributed by atoms with Crippen LogP contribution in [0.25, 0.3) is 0 Å². The largest absolute Gasteiger partial charge is 0.455 e. The highest BCUT2D eigenvalue weighted by molar-refractivity contribution is 7.98. The van der Waals surface area contributed by atoms with Gasteiger partial charge in [-0.1, -0.05) is 32.5 Å². The van der Waals surface area contributed by atoms with Crippen LogP contribution in [0.15, 0.2) is 27.8 Å². The fourth-order valence-corrected chi connectivity index (χ4v) is 3.28. The number of hydrogen-bond acceptors (Lipinski definition) is 6. The fourth-order valence-electron chi connectivity index (χ4n) is 2.53. The highest BCUT2D eigenvalue weighted by Gasteiger charge is 2.20. The Balaban J connectivity index is 2.20. The third-order valence-corrected chi connectivity index (χ3v) is 4.98. The van der Waals surface area contributed by atoms with E-state index in [-0.39, 0.29) is 11.3 Å². The maximum atomic E-state index is 11.8. The maximum absolute atomic E-state index is 11.8. The smallest absolute Gasteiger partial charge is 0.286 e. The minimum Gasteiger partial charge on any atom is -0.455 e. The molecule has 0 fully saturated rings. The second kappa shape index (κ2) is 9.26. The molecule has 0 saturated carbocycles. The van der Waals surface area contributed by atoms with Crippen molar-refractivity contribution in [2.24, 2.45) is 0 Å². The van der Waals surface area contributed by atoms with Crippen molar-refractivity contribution in [3.63, 3.8) is 0 Å². The van der Waals surface area contributed by atoms with Crippen LogP contribution < -0.4 is 10.2 Å². The van der Waals surface area contributed by atoms with E-state index in [1.807, 2.05) is 13.0 Å². The lowest BCUT2D eigenvalue weighted by atomic mass is 9.92. The number of thioether (sulfide) groups is 1. The Morgan fingerprint density at radius 2 is 1.89 bits per heavy atom. The molecule has 6 nitrogen and oxygen atoms in total. The Labute approximate surface area is 166 Å². The van der Waals surface area contributed by atoms with E-state index in [0.717, 1.165) is 35.5 Å². The summed E-state index contributed by atoms with van der Waals surface area (Å²) in [6.45, 7) is 15.0. The van der Waals surface area contributed by atoms with Gasteiger partial charge >= 0.3 is 0 Å². The summed E-state index contributed by atoms with van der Waals surface area (Å²) in [6, 6.07) is 5.61. The van der Waals surface area contributed by atoms with Gasteiger partial charge in [-0.25, -0.2) is 9.97 Å². The molecular formula is C20H30N4O2S. The number of nitrogens with one attached hydrogen (secondary N) is 1. The van der Waals surface area contributed by atoms with E-state index >= 15 is 0 Å². The number of carbonyl (C=O) groups excluding carboxylic acids is 1. The van der Waals surface area contributed by atoms with Crippen LogP contribution in [0.1, 0.15) is 63.6 Å². The minimum absolute atomic E-state index is 0.0593. The van der Waals surface area contributed by atoms with E-state index in [4.69, 9.17) is 14.4 Å². The summed E-state index contributed by atoms with van der Waals surface area (Å²) in [6.07, 6.45) is 0. The van der Waals surface area contributed by atoms with Crippen molar-refractivity contribution in [1.82, 2.24) is 15.3 Å². The van der Waals surface area contributed by atoms with Gasteiger partial charge in [0.05, 0.1) is 11.4 Å². The quantitative estimate of drug-likeness (QED) is 0.536. The van der Waals surface area contributed by atoms with Crippen LogP contribution in [0.5, 0.6) is 0 Å². The fraction of sp³-hybridized carbons (Fsp3) is 0.550. The van der Waals surface area contributed by atoms with Crippen molar-refractivity contribution >= 4 is 23.5 Å². The van der Waals surface area contributed by atoms with Crippen molar-refractivity contribution < 1.29 is 9.21 Å². The molecule has 2 aromatic rings. The van der Waals surface area contributed by atoms with E-state index in [2.05, 4.69) is 50.9 Å². The van der Waals surface area contributed by atoms with E-state index in [9.17, 15) is 4.79 Å². The van der Waals surface area contributed by atoms with Crippen LogP contribution in [0, 0.1) is 0 Å². The summed E-state index contributed by atoms with van der Waals surface area (Å²) < 4.78 is 5.64. The summed E-state index contributed by atoms with van der Waals surface area (Å²) in [4.78, 5) is 23.5. The summed E-state index contributed by atoms with van der Waals surface area (Å²) in [7, 11) is 0. The molecule has 1 N–H and O–H groups in total. The summed E-state index contributed by atoms with van der Waals surface area (Å²) in [5.41, 5.74) is 0.959. The van der Waals surface area contributed by atoms with E-state index in [1.54, 1.807) is 6.07 Å². The zero-order valence-corrected chi connectivity index (χ0v) is 17.9. The van der Waals surface area contributed by atoms with Gasteiger partial charge in [-0.05, 0) is 32.9 Å². The number of nitrogens with zero attached hydrogens (tertiary/aromatic N) is 3. The lowest BCUT2D eigenvalue weighted by Gasteiger charge is -2.24. The van der Waals surface area contributed by atoms with Crippen LogP contribution in [0.3, 0.4) is 0 Å². The van der Waals surface area contributed by atoms with Crippen molar-refractivity contribution in [3.8, 4) is 0 Å². The topological polar surface area (TPSA) is 71.3 Å². The molecule has 0 radical (unpaired) electrons. The molecule has 0 atom stereocenters. The molecule has 2 aromatic heterocycles. The zero-order chi connectivity index (χ0) is 20.0. The maximum Gasteiger partial charge on any atom is 0.286 e. The highest BCUT2D eigenvalue weighted by Crippen LogP contribution is 2.28. The third-order valence-electron chi connectivity index (χ3n) is 4.11. The molecule has 27 heavy (non-hydrogen) atoms. The van der Waals surface area contributed by atoms with Crippen LogP contribution in [-0.2, 0) is 11.2 Å². The van der Waals surface area contributed by atoms with Gasteiger partial charge in [0.1, 0.15) is 11.6 Å². The van der Waals surface area contributed by atoms with Gasteiger partial charge in [0.15, 0.2) is 10.9 Å². The molecule has 0 aliphatic heterocycles. The van der Waals surface area contributed by atoms with Crippen molar-refractivity contribution in [2.45, 2.75) is 57.9 Å². The summed E-state index contributed by atoms with van der Waals surface area (Å²) >= 11 is 1.52. The molecular weight excluding hydrogens is 360 g/mol. The van der Waals surface area contributed by atoms with Gasteiger partial charge in [0.25, 0.3) is 5.91 Å². The van der Waals surface area contributed by atoms with Crippen LogP contribution >= 0.6 is 11.8 Å². The molecule has 148 valence electrons. The molecule has 0 unspecified atom stereocenters. The molecule has 2 rings (SSSR count). The number of furan rings is 1. The summed E-state index contributed by atoms with van der Waals surface area (Å²) in [5, 5.41) is 3.46. The van der Waals surface area contributed by atoms with Crippen LogP contribution in [-0.4, -0.2) is 35.5 Å².